The molecule has 0 aliphatic heterocycles. The van der Waals surface area contributed by atoms with Crippen LogP contribution in [-0.2, 0) is 0 Å². The molecule has 94 valence electrons. The van der Waals surface area contributed by atoms with Crippen LogP contribution in [0, 0.1) is 6.92 Å². The first kappa shape index (κ1) is 11.4. The first-order valence-corrected chi connectivity index (χ1v) is 5.80. The first-order valence-electron chi connectivity index (χ1n) is 5.80. The number of aromatic carboxylic acids is 1. The van der Waals surface area contributed by atoms with Gasteiger partial charge in [-0.3, -0.25) is 0 Å². The smallest absolute Gasteiger partial charge is 0.337 e. The van der Waals surface area contributed by atoms with Crippen molar-refractivity contribution in [3.8, 4) is 11.3 Å². The fourth-order valence-electron chi connectivity index (χ4n) is 2.13. The molecule has 3 aromatic rings. The Morgan fingerprint density at radius 3 is 3.00 bits per heavy atom. The van der Waals surface area contributed by atoms with Gasteiger partial charge < -0.3 is 10.1 Å². The number of aromatic amines is 1. The van der Waals surface area contributed by atoms with E-state index in [0.717, 1.165) is 22.0 Å². The highest BCUT2D eigenvalue weighted by Gasteiger charge is 2.11. The summed E-state index contributed by atoms with van der Waals surface area (Å²) in [5.74, 6) is -1.01. The maximum atomic E-state index is 11.0. The van der Waals surface area contributed by atoms with Gasteiger partial charge in [-0.2, -0.15) is 10.2 Å². The second-order valence-corrected chi connectivity index (χ2v) is 4.33. The number of carboxylic acids is 1. The maximum Gasteiger partial charge on any atom is 0.337 e. The Labute approximate surface area is 108 Å². The molecule has 0 saturated heterocycles. The highest BCUT2D eigenvalue weighted by atomic mass is 16.4. The Morgan fingerprint density at radius 2 is 2.21 bits per heavy atom. The lowest BCUT2D eigenvalue weighted by Crippen LogP contribution is -1.99. The molecule has 19 heavy (non-hydrogen) atoms. The molecule has 1 aromatic carbocycles. The number of hydrogen-bond acceptors (Lipinski definition) is 3. The van der Waals surface area contributed by atoms with Crippen molar-refractivity contribution in [2.75, 3.05) is 0 Å². The van der Waals surface area contributed by atoms with Gasteiger partial charge in [0.15, 0.2) is 0 Å². The van der Waals surface area contributed by atoms with Crippen LogP contribution in [0.1, 0.15) is 15.9 Å². The minimum Gasteiger partial charge on any atom is -0.478 e. The third-order valence-electron chi connectivity index (χ3n) is 3.10. The molecule has 0 unspecified atom stereocenters. The number of aryl methyl sites for hydroxylation is 1. The first-order chi connectivity index (χ1) is 9.16. The summed E-state index contributed by atoms with van der Waals surface area (Å²) in [4.78, 5) is 14.2. The Kier molecular flexibility index (Phi) is 2.52. The summed E-state index contributed by atoms with van der Waals surface area (Å²) >= 11 is 0. The van der Waals surface area contributed by atoms with Gasteiger partial charge in [-0.05, 0) is 18.6 Å². The van der Waals surface area contributed by atoms with E-state index >= 15 is 0 Å². The predicted molar refractivity (Wildman–Crippen MR) is 71.0 cm³/mol. The molecular formula is C14H11N3O2. The number of aromatic nitrogens is 3. The van der Waals surface area contributed by atoms with E-state index in [1.54, 1.807) is 0 Å². The molecule has 0 spiro atoms. The fourth-order valence-corrected chi connectivity index (χ4v) is 2.13. The molecule has 0 atom stereocenters. The van der Waals surface area contributed by atoms with E-state index in [1.165, 1.54) is 12.3 Å². The number of benzene rings is 1. The van der Waals surface area contributed by atoms with Crippen molar-refractivity contribution >= 4 is 16.9 Å². The molecular weight excluding hydrogens is 242 g/mol. The summed E-state index contributed by atoms with van der Waals surface area (Å²) in [7, 11) is 0. The molecule has 2 aromatic heterocycles. The number of carboxylic acid groups (broad SMARTS) is 1. The summed E-state index contributed by atoms with van der Waals surface area (Å²) in [6, 6.07) is 7.48. The molecule has 5 heteroatoms. The second-order valence-electron chi connectivity index (χ2n) is 4.33. The summed E-state index contributed by atoms with van der Waals surface area (Å²) in [5, 5.41) is 17.8. The van der Waals surface area contributed by atoms with Crippen molar-refractivity contribution in [2.45, 2.75) is 6.92 Å². The highest BCUT2D eigenvalue weighted by Crippen LogP contribution is 2.28. The number of carbonyl (C=O) groups is 1. The predicted octanol–water partition coefficient (Wildman–Crippen LogP) is 2.63. The highest BCUT2D eigenvalue weighted by molar-refractivity contribution is 5.97. The normalized spacial score (nSPS) is 10.8. The largest absolute Gasteiger partial charge is 0.478 e. The molecule has 0 saturated carbocycles. The van der Waals surface area contributed by atoms with Gasteiger partial charge in [0, 0.05) is 22.7 Å². The zero-order valence-corrected chi connectivity index (χ0v) is 10.2. The molecule has 2 heterocycles. The van der Waals surface area contributed by atoms with Crippen LogP contribution in [0.3, 0.4) is 0 Å². The van der Waals surface area contributed by atoms with E-state index in [0.29, 0.717) is 5.69 Å². The number of nitrogens with one attached hydrogen (secondary N) is 1. The molecule has 2 N–H and O–H groups in total. The van der Waals surface area contributed by atoms with Crippen LogP contribution in [-0.4, -0.2) is 26.3 Å². The van der Waals surface area contributed by atoms with Crippen molar-refractivity contribution in [3.63, 3.8) is 0 Å². The number of para-hydroxylation sites is 1. The molecule has 0 radical (unpaired) electrons. The lowest BCUT2D eigenvalue weighted by molar-refractivity contribution is 0.0696. The van der Waals surface area contributed by atoms with E-state index in [1.807, 2.05) is 31.3 Å². The number of hydrogen-bond donors (Lipinski definition) is 2. The Morgan fingerprint density at radius 1 is 1.37 bits per heavy atom. The zero-order valence-electron chi connectivity index (χ0n) is 10.2. The van der Waals surface area contributed by atoms with Gasteiger partial charge in [0.25, 0.3) is 0 Å². The van der Waals surface area contributed by atoms with Crippen LogP contribution < -0.4 is 0 Å². The van der Waals surface area contributed by atoms with Gasteiger partial charge in [-0.1, -0.05) is 18.2 Å². The van der Waals surface area contributed by atoms with Crippen LogP contribution in [0.2, 0.25) is 0 Å². The molecule has 0 aliphatic carbocycles. The SMILES string of the molecule is Cc1cccc2c(-c3cc(C(=O)O)cnn3)c[nH]c12. The van der Waals surface area contributed by atoms with E-state index in [9.17, 15) is 4.79 Å². The van der Waals surface area contributed by atoms with Crippen LogP contribution in [0.4, 0.5) is 0 Å². The van der Waals surface area contributed by atoms with Gasteiger partial charge in [0.05, 0.1) is 17.5 Å². The van der Waals surface area contributed by atoms with Gasteiger partial charge in [-0.25, -0.2) is 4.79 Å². The van der Waals surface area contributed by atoms with Crippen molar-refractivity contribution < 1.29 is 9.90 Å². The fraction of sp³-hybridized carbons (Fsp3) is 0.0714. The van der Waals surface area contributed by atoms with Gasteiger partial charge in [0.1, 0.15) is 0 Å². The van der Waals surface area contributed by atoms with E-state index in [2.05, 4.69) is 15.2 Å². The van der Waals surface area contributed by atoms with E-state index < -0.39 is 5.97 Å². The summed E-state index contributed by atoms with van der Waals surface area (Å²) in [6.07, 6.45) is 3.07. The summed E-state index contributed by atoms with van der Waals surface area (Å²) in [5.41, 5.74) is 3.70. The number of fused-ring (bicyclic) bond motifs is 1. The third kappa shape index (κ3) is 1.85. The number of rotatable bonds is 2. The maximum absolute atomic E-state index is 11.0. The molecule has 0 amide bonds. The molecule has 5 nitrogen and oxygen atoms in total. The Bertz CT molecular complexity index is 777. The van der Waals surface area contributed by atoms with Crippen LogP contribution >= 0.6 is 0 Å². The number of H-pyrrole nitrogens is 1. The summed E-state index contributed by atoms with van der Waals surface area (Å²) in [6.45, 7) is 2.02. The lowest BCUT2D eigenvalue weighted by atomic mass is 10.1. The zero-order chi connectivity index (χ0) is 13.4. The lowest BCUT2D eigenvalue weighted by Gasteiger charge is -2.00. The van der Waals surface area contributed by atoms with Crippen LogP contribution in [0.25, 0.3) is 22.2 Å². The Balaban J connectivity index is 2.22. The average molecular weight is 253 g/mol. The molecule has 0 aliphatic rings. The molecule has 3 rings (SSSR count). The number of nitrogens with zero attached hydrogens (tertiary/aromatic N) is 2. The minimum absolute atomic E-state index is 0.131. The van der Waals surface area contributed by atoms with Crippen LogP contribution in [0.15, 0.2) is 36.7 Å². The van der Waals surface area contributed by atoms with Gasteiger partial charge >= 0.3 is 5.97 Å². The van der Waals surface area contributed by atoms with Crippen LogP contribution in [0.5, 0.6) is 0 Å². The van der Waals surface area contributed by atoms with E-state index in [-0.39, 0.29) is 5.56 Å². The summed E-state index contributed by atoms with van der Waals surface area (Å²) < 4.78 is 0. The van der Waals surface area contributed by atoms with Gasteiger partial charge in [0.2, 0.25) is 0 Å². The van der Waals surface area contributed by atoms with Crippen molar-refractivity contribution in [1.82, 2.24) is 15.2 Å². The molecule has 0 fully saturated rings. The quantitative estimate of drug-likeness (QED) is 0.735. The third-order valence-corrected chi connectivity index (χ3v) is 3.10. The van der Waals surface area contributed by atoms with E-state index in [4.69, 9.17) is 5.11 Å². The standard InChI is InChI=1S/C14H11N3O2/c1-8-3-2-4-10-11(7-15-13(8)10)12-5-9(14(18)19)6-16-17-12/h2-7,15H,1H3,(H,18,19). The average Bonchev–Trinajstić information content (AvgIpc) is 2.84. The topological polar surface area (TPSA) is 78.9 Å². The monoisotopic (exact) mass is 253 g/mol. The molecule has 0 bridgehead atoms. The van der Waals surface area contributed by atoms with Crippen molar-refractivity contribution in [2.24, 2.45) is 0 Å². The minimum atomic E-state index is -1.01. The second kappa shape index (κ2) is 4.20. The van der Waals surface area contributed by atoms with Crippen molar-refractivity contribution in [1.29, 1.82) is 0 Å². The van der Waals surface area contributed by atoms with Crippen molar-refractivity contribution in [3.05, 3.63) is 47.8 Å². The Hall–Kier alpha value is -2.69. The van der Waals surface area contributed by atoms with Gasteiger partial charge in [-0.15, -0.1) is 0 Å².